The van der Waals surface area contributed by atoms with Gasteiger partial charge in [0.2, 0.25) is 0 Å². The van der Waals surface area contributed by atoms with Gasteiger partial charge in [-0.15, -0.1) is 0 Å². The molecule has 15 heavy (non-hydrogen) atoms. The number of carboxylic acids is 1. The van der Waals surface area contributed by atoms with Gasteiger partial charge in [-0.25, -0.2) is 9.59 Å². The maximum atomic E-state index is 11.3. The van der Waals surface area contributed by atoms with Gasteiger partial charge in [-0.2, -0.15) is 0 Å². The van der Waals surface area contributed by atoms with E-state index in [1.807, 2.05) is 0 Å². The lowest BCUT2D eigenvalue weighted by Crippen LogP contribution is -2.54. The van der Waals surface area contributed by atoms with Crippen molar-refractivity contribution in [2.75, 3.05) is 5.33 Å². The zero-order valence-electron chi connectivity index (χ0n) is 9.26. The summed E-state index contributed by atoms with van der Waals surface area (Å²) in [4.78, 5) is 22.2. The van der Waals surface area contributed by atoms with Crippen LogP contribution in [0.15, 0.2) is 0 Å². The molecule has 0 heterocycles. The normalized spacial score (nSPS) is 15.3. The molecule has 0 aliphatic carbocycles. The summed E-state index contributed by atoms with van der Waals surface area (Å²) < 4.78 is 4.95. The minimum atomic E-state index is -1.36. The van der Waals surface area contributed by atoms with Crippen LogP contribution < -0.4 is 5.32 Å². The first-order valence-corrected chi connectivity index (χ1v) is 5.53. The van der Waals surface area contributed by atoms with Gasteiger partial charge in [0.25, 0.3) is 0 Å². The maximum Gasteiger partial charge on any atom is 0.408 e. The molecule has 1 atom stereocenters. The van der Waals surface area contributed by atoms with Crippen molar-refractivity contribution < 1.29 is 19.4 Å². The van der Waals surface area contributed by atoms with Crippen LogP contribution >= 0.6 is 15.9 Å². The highest BCUT2D eigenvalue weighted by atomic mass is 79.9. The first kappa shape index (κ1) is 14.2. The number of alkyl halides is 1. The molecule has 0 saturated carbocycles. The molecule has 2 N–H and O–H groups in total. The van der Waals surface area contributed by atoms with Gasteiger partial charge in [0.15, 0.2) is 0 Å². The molecular weight excluding hydrogens is 266 g/mol. The molecule has 0 aliphatic heterocycles. The molecular formula is C9H16BrNO4. The Balaban J connectivity index is 4.45. The van der Waals surface area contributed by atoms with E-state index in [0.29, 0.717) is 0 Å². The predicted molar refractivity (Wildman–Crippen MR) is 59.2 cm³/mol. The fourth-order valence-corrected chi connectivity index (χ4v) is 1.05. The quantitative estimate of drug-likeness (QED) is 0.773. The van der Waals surface area contributed by atoms with Crippen LogP contribution in [-0.4, -0.2) is 33.6 Å². The summed E-state index contributed by atoms with van der Waals surface area (Å²) >= 11 is 3.03. The Bertz CT molecular complexity index is 261. The first-order chi connectivity index (χ1) is 6.60. The van der Waals surface area contributed by atoms with Crippen molar-refractivity contribution in [1.29, 1.82) is 0 Å². The fourth-order valence-electron chi connectivity index (χ4n) is 0.673. The molecule has 1 amide bonds. The number of hydrogen-bond acceptors (Lipinski definition) is 3. The predicted octanol–water partition coefficient (Wildman–Crippen LogP) is 1.75. The van der Waals surface area contributed by atoms with Gasteiger partial charge in [-0.3, -0.25) is 0 Å². The second-order valence-electron chi connectivity index (χ2n) is 4.40. The van der Waals surface area contributed by atoms with E-state index in [-0.39, 0.29) is 5.33 Å². The highest BCUT2D eigenvalue weighted by Gasteiger charge is 2.35. The minimum absolute atomic E-state index is 0.106. The average molecular weight is 282 g/mol. The largest absolute Gasteiger partial charge is 0.479 e. The lowest BCUT2D eigenvalue weighted by atomic mass is 10.1. The van der Waals surface area contributed by atoms with Gasteiger partial charge in [-0.05, 0) is 27.7 Å². The Kier molecular flexibility index (Phi) is 4.58. The molecule has 88 valence electrons. The van der Waals surface area contributed by atoms with Crippen LogP contribution in [0.4, 0.5) is 4.79 Å². The topological polar surface area (TPSA) is 75.6 Å². The number of halogens is 1. The van der Waals surface area contributed by atoms with Crippen molar-refractivity contribution in [3.63, 3.8) is 0 Å². The van der Waals surface area contributed by atoms with E-state index in [0.717, 1.165) is 0 Å². The average Bonchev–Trinajstić information content (AvgIpc) is 1.99. The summed E-state index contributed by atoms with van der Waals surface area (Å²) in [6, 6.07) is 0. The van der Waals surface area contributed by atoms with Crippen LogP contribution in [0.3, 0.4) is 0 Å². The molecule has 0 bridgehead atoms. The fraction of sp³-hybridized carbons (Fsp3) is 0.778. The minimum Gasteiger partial charge on any atom is -0.479 e. The molecule has 0 saturated heterocycles. The monoisotopic (exact) mass is 281 g/mol. The molecule has 0 rings (SSSR count). The number of nitrogens with one attached hydrogen (secondary N) is 1. The van der Waals surface area contributed by atoms with E-state index in [9.17, 15) is 9.59 Å². The van der Waals surface area contributed by atoms with E-state index in [4.69, 9.17) is 9.84 Å². The Hall–Kier alpha value is -0.780. The van der Waals surface area contributed by atoms with Crippen molar-refractivity contribution in [2.24, 2.45) is 0 Å². The molecule has 0 aromatic rings. The summed E-state index contributed by atoms with van der Waals surface area (Å²) in [6.45, 7) is 6.52. The Labute approximate surface area is 97.3 Å². The first-order valence-electron chi connectivity index (χ1n) is 4.41. The van der Waals surface area contributed by atoms with Crippen LogP contribution in [0.25, 0.3) is 0 Å². The van der Waals surface area contributed by atoms with E-state index >= 15 is 0 Å². The molecule has 0 radical (unpaired) electrons. The van der Waals surface area contributed by atoms with E-state index < -0.39 is 23.2 Å². The second kappa shape index (κ2) is 4.83. The number of aliphatic carboxylic acids is 1. The van der Waals surface area contributed by atoms with E-state index in [2.05, 4.69) is 21.2 Å². The van der Waals surface area contributed by atoms with Gasteiger partial charge < -0.3 is 15.2 Å². The van der Waals surface area contributed by atoms with Crippen LogP contribution in [0.5, 0.6) is 0 Å². The molecule has 0 spiro atoms. The molecule has 0 unspecified atom stereocenters. The smallest absolute Gasteiger partial charge is 0.408 e. The zero-order chi connectivity index (χ0) is 12.3. The van der Waals surface area contributed by atoms with Gasteiger partial charge in [0, 0.05) is 5.33 Å². The molecule has 5 nitrogen and oxygen atoms in total. The van der Waals surface area contributed by atoms with Gasteiger partial charge in [-0.1, -0.05) is 15.9 Å². The van der Waals surface area contributed by atoms with Crippen LogP contribution in [-0.2, 0) is 9.53 Å². The van der Waals surface area contributed by atoms with Crippen molar-refractivity contribution in [2.45, 2.75) is 38.8 Å². The summed E-state index contributed by atoms with van der Waals surface area (Å²) in [5.41, 5.74) is -2.00. The third kappa shape index (κ3) is 5.01. The number of carbonyl (C=O) groups is 2. The van der Waals surface area contributed by atoms with Crippen molar-refractivity contribution in [3.8, 4) is 0 Å². The van der Waals surface area contributed by atoms with E-state index in [1.54, 1.807) is 20.8 Å². The molecule has 0 aromatic carbocycles. The lowest BCUT2D eigenvalue weighted by Gasteiger charge is -2.26. The van der Waals surface area contributed by atoms with Crippen LogP contribution in [0.2, 0.25) is 0 Å². The van der Waals surface area contributed by atoms with Gasteiger partial charge in [0.05, 0.1) is 0 Å². The number of alkyl carbamates (subject to hydrolysis) is 1. The highest BCUT2D eigenvalue weighted by molar-refractivity contribution is 9.09. The molecule has 0 aliphatic rings. The van der Waals surface area contributed by atoms with Crippen molar-refractivity contribution >= 4 is 28.0 Å². The van der Waals surface area contributed by atoms with Crippen LogP contribution in [0, 0.1) is 0 Å². The summed E-state index contributed by atoms with van der Waals surface area (Å²) in [5, 5.41) is 11.3. The Morgan fingerprint density at radius 3 is 2.07 bits per heavy atom. The standard InChI is InChI=1S/C9H16BrNO4/c1-8(2,3)15-7(14)11-9(4,5-10)6(12)13/h5H2,1-4H3,(H,11,14)(H,12,13)/t9-/m1/s1. The third-order valence-electron chi connectivity index (χ3n) is 1.52. The number of amides is 1. The SMILES string of the molecule is CC(C)(C)OC(=O)N[C@](C)(CBr)C(=O)O. The number of ether oxygens (including phenoxy) is 1. The number of hydrogen-bond donors (Lipinski definition) is 2. The Morgan fingerprint density at radius 2 is 1.80 bits per heavy atom. The molecule has 0 fully saturated rings. The second-order valence-corrected chi connectivity index (χ2v) is 4.96. The summed E-state index contributed by atoms with van der Waals surface area (Å²) in [5.74, 6) is -1.12. The zero-order valence-corrected chi connectivity index (χ0v) is 10.8. The lowest BCUT2D eigenvalue weighted by molar-refractivity contribution is -0.143. The number of carboxylic acid groups (broad SMARTS) is 1. The molecule has 0 aromatic heterocycles. The van der Waals surface area contributed by atoms with Gasteiger partial charge >= 0.3 is 12.1 Å². The number of carbonyl (C=O) groups excluding carboxylic acids is 1. The van der Waals surface area contributed by atoms with Crippen LogP contribution in [0.1, 0.15) is 27.7 Å². The van der Waals surface area contributed by atoms with Crippen molar-refractivity contribution in [1.82, 2.24) is 5.32 Å². The summed E-state index contributed by atoms with van der Waals surface area (Å²) in [6.07, 6.45) is -0.744. The Morgan fingerprint density at radius 1 is 1.33 bits per heavy atom. The highest BCUT2D eigenvalue weighted by Crippen LogP contribution is 2.11. The molecule has 6 heteroatoms. The maximum absolute atomic E-state index is 11.3. The summed E-state index contributed by atoms with van der Waals surface area (Å²) in [7, 11) is 0. The van der Waals surface area contributed by atoms with Gasteiger partial charge in [0.1, 0.15) is 11.1 Å². The van der Waals surface area contributed by atoms with E-state index in [1.165, 1.54) is 6.92 Å². The number of rotatable bonds is 3. The third-order valence-corrected chi connectivity index (χ3v) is 2.64. The van der Waals surface area contributed by atoms with Crippen molar-refractivity contribution in [3.05, 3.63) is 0 Å².